The van der Waals surface area contributed by atoms with Gasteiger partial charge in [-0.25, -0.2) is 0 Å². The number of phenolic OH excluding ortho intramolecular Hbond substituents is 1. The molecule has 0 spiro atoms. The van der Waals surface area contributed by atoms with Gasteiger partial charge in [0.15, 0.2) is 0 Å². The first-order valence-electron chi connectivity index (χ1n) is 8.24. The van der Waals surface area contributed by atoms with E-state index in [1.165, 1.54) is 57.8 Å². The van der Waals surface area contributed by atoms with Gasteiger partial charge in [0.25, 0.3) is 0 Å². The van der Waals surface area contributed by atoms with Crippen LogP contribution in [0, 0.1) is 0 Å². The monoisotopic (exact) mass is 278 g/mol. The third kappa shape index (κ3) is 8.84. The second-order valence-corrected chi connectivity index (χ2v) is 5.52. The quantitative estimate of drug-likeness (QED) is 0.497. The van der Waals surface area contributed by atoms with Crippen LogP contribution in [0.5, 0.6) is 11.5 Å². The molecule has 1 N–H and O–H groups in total. The van der Waals surface area contributed by atoms with E-state index in [-0.39, 0.29) is 5.75 Å². The molecule has 0 aliphatic heterocycles. The van der Waals surface area contributed by atoms with Crippen molar-refractivity contribution in [1.29, 1.82) is 0 Å². The zero-order chi connectivity index (χ0) is 14.5. The molecule has 1 rings (SSSR count). The van der Waals surface area contributed by atoms with E-state index in [2.05, 4.69) is 6.92 Å². The first kappa shape index (κ1) is 16.9. The van der Waals surface area contributed by atoms with Crippen LogP contribution in [0.15, 0.2) is 24.3 Å². The molecule has 0 bridgehead atoms. The van der Waals surface area contributed by atoms with Crippen LogP contribution in [-0.4, -0.2) is 11.7 Å². The van der Waals surface area contributed by atoms with Crippen LogP contribution in [0.25, 0.3) is 0 Å². The summed E-state index contributed by atoms with van der Waals surface area (Å²) in [6, 6.07) is 6.94. The molecule has 0 aromatic heterocycles. The minimum atomic E-state index is 0.288. The van der Waals surface area contributed by atoms with E-state index in [1.807, 2.05) is 12.1 Å². The second-order valence-electron chi connectivity index (χ2n) is 5.52. The molecular formula is C18H30O2. The summed E-state index contributed by atoms with van der Waals surface area (Å²) in [5, 5.41) is 9.16. The summed E-state index contributed by atoms with van der Waals surface area (Å²) >= 11 is 0. The van der Waals surface area contributed by atoms with Gasteiger partial charge in [-0.05, 0) is 30.7 Å². The topological polar surface area (TPSA) is 29.5 Å². The number of hydrogen-bond acceptors (Lipinski definition) is 2. The molecule has 1 aromatic carbocycles. The van der Waals surface area contributed by atoms with Crippen molar-refractivity contribution >= 4 is 0 Å². The van der Waals surface area contributed by atoms with Gasteiger partial charge in [-0.3, -0.25) is 0 Å². The highest BCUT2D eigenvalue weighted by Crippen LogP contribution is 2.16. The molecule has 0 fully saturated rings. The maximum absolute atomic E-state index is 9.16. The highest BCUT2D eigenvalue weighted by molar-refractivity contribution is 5.29. The van der Waals surface area contributed by atoms with Gasteiger partial charge < -0.3 is 9.84 Å². The number of aromatic hydroxyl groups is 1. The number of rotatable bonds is 12. The van der Waals surface area contributed by atoms with E-state index in [1.54, 1.807) is 12.1 Å². The van der Waals surface area contributed by atoms with Gasteiger partial charge in [-0.1, -0.05) is 64.7 Å². The molecule has 0 heterocycles. The summed E-state index contributed by atoms with van der Waals surface area (Å²) < 4.78 is 5.62. The Morgan fingerprint density at radius 1 is 0.750 bits per heavy atom. The molecule has 0 atom stereocenters. The predicted molar refractivity (Wildman–Crippen MR) is 85.4 cm³/mol. The van der Waals surface area contributed by atoms with Crippen LogP contribution in [0.4, 0.5) is 0 Å². The summed E-state index contributed by atoms with van der Waals surface area (Å²) in [7, 11) is 0. The average Bonchev–Trinajstić information content (AvgIpc) is 2.47. The lowest BCUT2D eigenvalue weighted by Crippen LogP contribution is -1.96. The van der Waals surface area contributed by atoms with Crippen LogP contribution in [0.2, 0.25) is 0 Å². The summed E-state index contributed by atoms with van der Waals surface area (Å²) in [5.41, 5.74) is 0. The standard InChI is InChI=1S/C18H30O2/c1-2-3-4-5-6-7-8-9-10-11-16-20-18-14-12-17(19)13-15-18/h12-15,19H,2-11,16H2,1H3. The van der Waals surface area contributed by atoms with Gasteiger partial charge >= 0.3 is 0 Å². The van der Waals surface area contributed by atoms with Gasteiger partial charge in [-0.2, -0.15) is 0 Å². The van der Waals surface area contributed by atoms with Crippen molar-refractivity contribution < 1.29 is 9.84 Å². The molecule has 114 valence electrons. The van der Waals surface area contributed by atoms with Crippen LogP contribution >= 0.6 is 0 Å². The molecule has 0 saturated heterocycles. The predicted octanol–water partition coefficient (Wildman–Crippen LogP) is 5.69. The molecule has 2 heteroatoms. The summed E-state index contributed by atoms with van der Waals surface area (Å²) in [6.45, 7) is 3.04. The van der Waals surface area contributed by atoms with Crippen molar-refractivity contribution in [1.82, 2.24) is 0 Å². The molecule has 0 unspecified atom stereocenters. The van der Waals surface area contributed by atoms with Crippen molar-refractivity contribution in [3.05, 3.63) is 24.3 Å². The lowest BCUT2D eigenvalue weighted by molar-refractivity contribution is 0.303. The second kappa shape index (κ2) is 11.6. The fourth-order valence-electron chi connectivity index (χ4n) is 2.32. The number of benzene rings is 1. The molecule has 20 heavy (non-hydrogen) atoms. The van der Waals surface area contributed by atoms with Crippen LogP contribution in [-0.2, 0) is 0 Å². The lowest BCUT2D eigenvalue weighted by Gasteiger charge is -2.06. The summed E-state index contributed by atoms with van der Waals surface area (Å²) in [6.07, 6.45) is 13.4. The minimum absolute atomic E-state index is 0.288. The number of unbranched alkanes of at least 4 members (excludes halogenated alkanes) is 9. The van der Waals surface area contributed by atoms with Crippen molar-refractivity contribution in [2.24, 2.45) is 0 Å². The third-order valence-electron chi connectivity index (χ3n) is 3.60. The van der Waals surface area contributed by atoms with E-state index < -0.39 is 0 Å². The lowest BCUT2D eigenvalue weighted by atomic mass is 10.1. The zero-order valence-corrected chi connectivity index (χ0v) is 12.9. The maximum Gasteiger partial charge on any atom is 0.119 e. The van der Waals surface area contributed by atoms with Crippen LogP contribution < -0.4 is 4.74 Å². The van der Waals surface area contributed by atoms with Gasteiger partial charge in [0.05, 0.1) is 6.61 Å². The Kier molecular flexibility index (Phi) is 9.81. The van der Waals surface area contributed by atoms with E-state index >= 15 is 0 Å². The van der Waals surface area contributed by atoms with Gasteiger partial charge in [0.1, 0.15) is 11.5 Å². The number of ether oxygens (including phenoxy) is 1. The first-order chi connectivity index (χ1) is 9.83. The molecule has 1 aromatic rings. The highest BCUT2D eigenvalue weighted by atomic mass is 16.5. The van der Waals surface area contributed by atoms with Gasteiger partial charge in [0.2, 0.25) is 0 Å². The Labute approximate surface area is 124 Å². The Morgan fingerprint density at radius 3 is 1.80 bits per heavy atom. The Balaban J connectivity index is 1.84. The summed E-state index contributed by atoms with van der Waals surface area (Å²) in [4.78, 5) is 0. The fourth-order valence-corrected chi connectivity index (χ4v) is 2.32. The van der Waals surface area contributed by atoms with E-state index in [0.717, 1.165) is 18.8 Å². The first-order valence-corrected chi connectivity index (χ1v) is 8.24. The van der Waals surface area contributed by atoms with E-state index in [4.69, 9.17) is 9.84 Å². The average molecular weight is 278 g/mol. The van der Waals surface area contributed by atoms with E-state index in [0.29, 0.717) is 0 Å². The molecule has 0 aliphatic carbocycles. The van der Waals surface area contributed by atoms with Crippen molar-refractivity contribution in [2.45, 2.75) is 71.1 Å². The Bertz CT molecular complexity index is 319. The third-order valence-corrected chi connectivity index (χ3v) is 3.60. The summed E-state index contributed by atoms with van der Waals surface area (Å²) in [5.74, 6) is 1.13. The number of phenols is 1. The SMILES string of the molecule is CCCCCCCCCCCCOc1ccc(O)cc1. The number of hydrogen-bond donors (Lipinski definition) is 1. The Morgan fingerprint density at radius 2 is 1.25 bits per heavy atom. The Hall–Kier alpha value is -1.18. The molecule has 0 radical (unpaired) electrons. The van der Waals surface area contributed by atoms with Crippen LogP contribution in [0.3, 0.4) is 0 Å². The van der Waals surface area contributed by atoms with E-state index in [9.17, 15) is 0 Å². The van der Waals surface area contributed by atoms with Crippen molar-refractivity contribution in [2.75, 3.05) is 6.61 Å². The smallest absolute Gasteiger partial charge is 0.119 e. The van der Waals surface area contributed by atoms with Crippen molar-refractivity contribution in [3.63, 3.8) is 0 Å². The molecule has 0 amide bonds. The zero-order valence-electron chi connectivity index (χ0n) is 12.9. The minimum Gasteiger partial charge on any atom is -0.508 e. The molecule has 2 nitrogen and oxygen atoms in total. The molecular weight excluding hydrogens is 248 g/mol. The fraction of sp³-hybridized carbons (Fsp3) is 0.667. The van der Waals surface area contributed by atoms with Gasteiger partial charge in [-0.15, -0.1) is 0 Å². The highest BCUT2D eigenvalue weighted by Gasteiger charge is 1.95. The normalized spacial score (nSPS) is 10.7. The largest absolute Gasteiger partial charge is 0.508 e. The van der Waals surface area contributed by atoms with Crippen LogP contribution in [0.1, 0.15) is 71.1 Å². The van der Waals surface area contributed by atoms with Gasteiger partial charge in [0, 0.05) is 0 Å². The van der Waals surface area contributed by atoms with Crippen molar-refractivity contribution in [3.8, 4) is 11.5 Å². The maximum atomic E-state index is 9.16. The molecule has 0 saturated carbocycles. The molecule has 0 aliphatic rings.